The number of nitrogens with zero attached hydrogens (tertiary/aromatic N) is 1. The minimum Gasteiger partial charge on any atom is -0.469 e. The van der Waals surface area contributed by atoms with E-state index < -0.39 is 0 Å². The Hall–Kier alpha value is -1.29. The van der Waals surface area contributed by atoms with Crippen LogP contribution in [0.15, 0.2) is 16.7 Å². The van der Waals surface area contributed by atoms with Crippen molar-refractivity contribution < 1.29 is 9.21 Å². The molecule has 0 spiro atoms. The van der Waals surface area contributed by atoms with Gasteiger partial charge in [0.15, 0.2) is 0 Å². The summed E-state index contributed by atoms with van der Waals surface area (Å²) in [5.41, 5.74) is 1.07. The van der Waals surface area contributed by atoms with Crippen molar-refractivity contribution in [1.82, 2.24) is 10.2 Å². The minimum atomic E-state index is 0.143. The molecule has 0 aliphatic rings. The quantitative estimate of drug-likeness (QED) is 0.793. The van der Waals surface area contributed by atoms with Crippen LogP contribution >= 0.6 is 0 Å². The van der Waals surface area contributed by atoms with Gasteiger partial charge in [0.2, 0.25) is 5.91 Å². The van der Waals surface area contributed by atoms with E-state index in [1.54, 1.807) is 11.2 Å². The zero-order chi connectivity index (χ0) is 11.3. The summed E-state index contributed by atoms with van der Waals surface area (Å²) in [7, 11) is 3.65. The molecular formula is C11H18N2O2. The molecule has 1 amide bonds. The molecule has 4 heteroatoms. The molecule has 0 atom stereocenters. The summed E-state index contributed by atoms with van der Waals surface area (Å²) in [5, 5.41) is 2.96. The van der Waals surface area contributed by atoms with Crippen molar-refractivity contribution in [3.05, 3.63) is 23.7 Å². The lowest BCUT2D eigenvalue weighted by Gasteiger charge is -2.16. The second kappa shape index (κ2) is 5.56. The number of hydrogen-bond donors (Lipinski definition) is 1. The van der Waals surface area contributed by atoms with Crippen molar-refractivity contribution >= 4 is 5.91 Å². The molecule has 15 heavy (non-hydrogen) atoms. The molecule has 4 nitrogen and oxygen atoms in total. The Bertz CT molecular complexity index is 320. The lowest BCUT2D eigenvalue weighted by atomic mass is 10.2. The van der Waals surface area contributed by atoms with Crippen LogP contribution in [0, 0.1) is 6.92 Å². The molecule has 0 saturated carbocycles. The SMILES string of the molecule is CNCCC(=O)N(C)Cc1ccoc1C. The largest absolute Gasteiger partial charge is 0.469 e. The first-order valence-corrected chi connectivity index (χ1v) is 5.06. The van der Waals surface area contributed by atoms with Crippen LogP contribution in [0.25, 0.3) is 0 Å². The summed E-state index contributed by atoms with van der Waals surface area (Å²) in [6.45, 7) is 3.24. The van der Waals surface area contributed by atoms with Crippen molar-refractivity contribution in [3.63, 3.8) is 0 Å². The summed E-state index contributed by atoms with van der Waals surface area (Å²) >= 11 is 0. The van der Waals surface area contributed by atoms with E-state index in [9.17, 15) is 4.79 Å². The molecule has 0 aromatic carbocycles. The topological polar surface area (TPSA) is 45.5 Å². The predicted octanol–water partition coefficient (Wildman–Crippen LogP) is 1.16. The molecule has 1 aromatic heterocycles. The van der Waals surface area contributed by atoms with Crippen molar-refractivity contribution in [2.45, 2.75) is 19.9 Å². The van der Waals surface area contributed by atoms with Gasteiger partial charge in [-0.25, -0.2) is 0 Å². The Balaban J connectivity index is 2.45. The van der Waals surface area contributed by atoms with E-state index in [1.807, 2.05) is 27.1 Å². The van der Waals surface area contributed by atoms with Gasteiger partial charge in [-0.15, -0.1) is 0 Å². The summed E-state index contributed by atoms with van der Waals surface area (Å²) in [6, 6.07) is 1.90. The summed E-state index contributed by atoms with van der Waals surface area (Å²) in [4.78, 5) is 13.3. The number of rotatable bonds is 5. The molecule has 1 rings (SSSR count). The molecule has 1 N–H and O–H groups in total. The molecule has 84 valence electrons. The fourth-order valence-corrected chi connectivity index (χ4v) is 1.34. The number of hydrogen-bond acceptors (Lipinski definition) is 3. The van der Waals surface area contributed by atoms with Gasteiger partial charge in [0.1, 0.15) is 5.76 Å². The summed E-state index contributed by atoms with van der Waals surface area (Å²) in [6.07, 6.45) is 2.18. The van der Waals surface area contributed by atoms with Crippen LogP contribution < -0.4 is 5.32 Å². The zero-order valence-electron chi connectivity index (χ0n) is 9.54. The fraction of sp³-hybridized carbons (Fsp3) is 0.545. The Morgan fingerprint density at radius 2 is 2.33 bits per heavy atom. The highest BCUT2D eigenvalue weighted by molar-refractivity contribution is 5.76. The average Bonchev–Trinajstić information content (AvgIpc) is 2.61. The van der Waals surface area contributed by atoms with E-state index in [1.165, 1.54) is 0 Å². The molecule has 0 aliphatic heterocycles. The number of furan rings is 1. The van der Waals surface area contributed by atoms with Crippen LogP contribution in [0.5, 0.6) is 0 Å². The molecule has 0 unspecified atom stereocenters. The predicted molar refractivity (Wildman–Crippen MR) is 58.5 cm³/mol. The van der Waals surface area contributed by atoms with Crippen LogP contribution in [-0.4, -0.2) is 31.4 Å². The lowest BCUT2D eigenvalue weighted by molar-refractivity contribution is -0.130. The van der Waals surface area contributed by atoms with Gasteiger partial charge in [-0.2, -0.15) is 0 Å². The first-order chi connectivity index (χ1) is 7.15. The van der Waals surface area contributed by atoms with Crippen molar-refractivity contribution in [2.24, 2.45) is 0 Å². The minimum absolute atomic E-state index is 0.143. The molecule has 0 radical (unpaired) electrons. The van der Waals surface area contributed by atoms with Gasteiger partial charge in [0, 0.05) is 32.1 Å². The first-order valence-electron chi connectivity index (χ1n) is 5.06. The number of amides is 1. The van der Waals surface area contributed by atoms with Crippen molar-refractivity contribution in [1.29, 1.82) is 0 Å². The molecule has 0 bridgehead atoms. The molecule has 1 aromatic rings. The van der Waals surface area contributed by atoms with E-state index in [-0.39, 0.29) is 5.91 Å². The first kappa shape index (κ1) is 11.8. The maximum Gasteiger partial charge on any atom is 0.223 e. The zero-order valence-corrected chi connectivity index (χ0v) is 9.54. The average molecular weight is 210 g/mol. The van der Waals surface area contributed by atoms with Crippen LogP contribution in [0.4, 0.5) is 0 Å². The number of carbonyl (C=O) groups is 1. The van der Waals surface area contributed by atoms with Crippen molar-refractivity contribution in [2.75, 3.05) is 20.6 Å². The monoisotopic (exact) mass is 210 g/mol. The maximum absolute atomic E-state index is 11.6. The Kier molecular flexibility index (Phi) is 4.37. The Labute approximate surface area is 90.3 Å². The third kappa shape index (κ3) is 3.40. The second-order valence-corrected chi connectivity index (χ2v) is 3.61. The van der Waals surface area contributed by atoms with E-state index in [0.717, 1.165) is 11.3 Å². The molecule has 0 saturated heterocycles. The maximum atomic E-state index is 11.6. The van der Waals surface area contributed by atoms with Crippen LogP contribution in [-0.2, 0) is 11.3 Å². The van der Waals surface area contributed by atoms with Crippen LogP contribution in [0.1, 0.15) is 17.7 Å². The van der Waals surface area contributed by atoms with Gasteiger partial charge in [0.05, 0.1) is 6.26 Å². The lowest BCUT2D eigenvalue weighted by Crippen LogP contribution is -2.28. The van der Waals surface area contributed by atoms with E-state index >= 15 is 0 Å². The van der Waals surface area contributed by atoms with Gasteiger partial charge in [-0.1, -0.05) is 0 Å². The van der Waals surface area contributed by atoms with Crippen molar-refractivity contribution in [3.8, 4) is 0 Å². The number of nitrogens with one attached hydrogen (secondary N) is 1. The highest BCUT2D eigenvalue weighted by Crippen LogP contribution is 2.11. The third-order valence-electron chi connectivity index (χ3n) is 2.39. The van der Waals surface area contributed by atoms with Gasteiger partial charge in [-0.3, -0.25) is 4.79 Å². The third-order valence-corrected chi connectivity index (χ3v) is 2.39. The van der Waals surface area contributed by atoms with E-state index in [2.05, 4.69) is 5.32 Å². The van der Waals surface area contributed by atoms with E-state index in [4.69, 9.17) is 4.42 Å². The van der Waals surface area contributed by atoms with Gasteiger partial charge < -0.3 is 14.6 Å². The summed E-state index contributed by atoms with van der Waals surface area (Å²) < 4.78 is 5.18. The molecule has 1 heterocycles. The van der Waals surface area contributed by atoms with Crippen LogP contribution in [0.3, 0.4) is 0 Å². The highest BCUT2D eigenvalue weighted by Gasteiger charge is 2.10. The van der Waals surface area contributed by atoms with Gasteiger partial charge in [-0.05, 0) is 20.0 Å². The smallest absolute Gasteiger partial charge is 0.223 e. The fourth-order valence-electron chi connectivity index (χ4n) is 1.34. The summed E-state index contributed by atoms with van der Waals surface area (Å²) in [5.74, 6) is 1.02. The highest BCUT2D eigenvalue weighted by atomic mass is 16.3. The molecule has 0 fully saturated rings. The van der Waals surface area contributed by atoms with Crippen LogP contribution in [0.2, 0.25) is 0 Å². The molecular weight excluding hydrogens is 192 g/mol. The van der Waals surface area contributed by atoms with E-state index in [0.29, 0.717) is 19.5 Å². The van der Waals surface area contributed by atoms with Gasteiger partial charge in [0.25, 0.3) is 0 Å². The van der Waals surface area contributed by atoms with Gasteiger partial charge >= 0.3 is 0 Å². The second-order valence-electron chi connectivity index (χ2n) is 3.61. The standard InChI is InChI=1S/C11H18N2O2/c1-9-10(5-7-15-9)8-13(3)11(14)4-6-12-2/h5,7,12H,4,6,8H2,1-3H3. The Morgan fingerprint density at radius 1 is 1.60 bits per heavy atom. The number of carbonyl (C=O) groups excluding carboxylic acids is 1. The Morgan fingerprint density at radius 3 is 2.87 bits per heavy atom. The molecule has 0 aliphatic carbocycles. The normalized spacial score (nSPS) is 10.3. The number of aryl methyl sites for hydroxylation is 1.